The highest BCUT2D eigenvalue weighted by atomic mass is 35.5. The zero-order valence-electron chi connectivity index (χ0n) is 10.4. The SMILES string of the molecule is CC[C@H](C)[C@@H](CO)NS(=O)(=O)c1cccc(Cl)c1. The molecular weight excluding hydrogens is 274 g/mol. The van der Waals surface area contributed by atoms with Crippen LogP contribution in [-0.2, 0) is 10.0 Å². The lowest BCUT2D eigenvalue weighted by molar-refractivity contribution is 0.219. The first-order chi connectivity index (χ1) is 8.40. The fourth-order valence-electron chi connectivity index (χ4n) is 1.52. The van der Waals surface area contributed by atoms with Crippen molar-refractivity contribution >= 4 is 21.6 Å². The van der Waals surface area contributed by atoms with Crippen molar-refractivity contribution in [3.63, 3.8) is 0 Å². The van der Waals surface area contributed by atoms with Crippen LogP contribution in [0.4, 0.5) is 0 Å². The van der Waals surface area contributed by atoms with E-state index in [1.807, 2.05) is 13.8 Å². The average molecular weight is 292 g/mol. The van der Waals surface area contributed by atoms with Gasteiger partial charge in [0.15, 0.2) is 0 Å². The van der Waals surface area contributed by atoms with Gasteiger partial charge >= 0.3 is 0 Å². The third-order valence-electron chi connectivity index (χ3n) is 2.94. The second-order valence-corrected chi connectivity index (χ2v) is 6.40. The number of hydrogen-bond donors (Lipinski definition) is 2. The van der Waals surface area contributed by atoms with Crippen molar-refractivity contribution in [1.29, 1.82) is 0 Å². The number of benzene rings is 1. The molecule has 1 aromatic carbocycles. The summed E-state index contributed by atoms with van der Waals surface area (Å²) < 4.78 is 26.7. The van der Waals surface area contributed by atoms with Gasteiger partial charge in [-0.3, -0.25) is 0 Å². The van der Waals surface area contributed by atoms with Crippen LogP contribution in [0, 0.1) is 5.92 Å². The lowest BCUT2D eigenvalue weighted by Gasteiger charge is -2.22. The van der Waals surface area contributed by atoms with E-state index in [-0.39, 0.29) is 17.4 Å². The van der Waals surface area contributed by atoms with Gasteiger partial charge in [-0.1, -0.05) is 37.9 Å². The van der Waals surface area contributed by atoms with Gasteiger partial charge in [0.2, 0.25) is 10.0 Å². The highest BCUT2D eigenvalue weighted by Gasteiger charge is 2.23. The smallest absolute Gasteiger partial charge is 0.240 e. The molecule has 6 heteroatoms. The number of halogens is 1. The number of aliphatic hydroxyl groups is 1. The molecule has 0 unspecified atom stereocenters. The number of nitrogens with one attached hydrogen (secondary N) is 1. The van der Waals surface area contributed by atoms with E-state index < -0.39 is 16.1 Å². The highest BCUT2D eigenvalue weighted by Crippen LogP contribution is 2.17. The minimum absolute atomic E-state index is 0.0592. The number of hydrogen-bond acceptors (Lipinski definition) is 3. The van der Waals surface area contributed by atoms with Crippen molar-refractivity contribution in [3.05, 3.63) is 29.3 Å². The third kappa shape index (κ3) is 3.95. The Morgan fingerprint density at radius 3 is 2.61 bits per heavy atom. The summed E-state index contributed by atoms with van der Waals surface area (Å²) in [6.07, 6.45) is 0.781. The van der Waals surface area contributed by atoms with E-state index in [4.69, 9.17) is 11.6 Å². The van der Waals surface area contributed by atoms with Crippen molar-refractivity contribution in [2.75, 3.05) is 6.61 Å². The molecule has 0 amide bonds. The zero-order chi connectivity index (χ0) is 13.8. The summed E-state index contributed by atoms with van der Waals surface area (Å²) in [4.78, 5) is 0.108. The average Bonchev–Trinajstić information content (AvgIpc) is 2.35. The minimum Gasteiger partial charge on any atom is -0.395 e. The van der Waals surface area contributed by atoms with E-state index in [0.717, 1.165) is 6.42 Å². The molecule has 0 aliphatic carbocycles. The fourth-order valence-corrected chi connectivity index (χ4v) is 3.16. The molecule has 2 atom stereocenters. The molecule has 0 spiro atoms. The Morgan fingerprint density at radius 1 is 1.44 bits per heavy atom. The molecule has 2 N–H and O–H groups in total. The number of aliphatic hydroxyl groups excluding tert-OH is 1. The molecule has 0 saturated heterocycles. The minimum atomic E-state index is -3.64. The summed E-state index contributed by atoms with van der Waals surface area (Å²) in [6.45, 7) is 3.61. The normalized spacial score (nSPS) is 15.3. The van der Waals surface area contributed by atoms with Gasteiger partial charge < -0.3 is 5.11 Å². The maximum Gasteiger partial charge on any atom is 0.240 e. The van der Waals surface area contributed by atoms with Crippen LogP contribution in [0.3, 0.4) is 0 Å². The van der Waals surface area contributed by atoms with Crippen LogP contribution in [0.5, 0.6) is 0 Å². The van der Waals surface area contributed by atoms with E-state index in [1.54, 1.807) is 12.1 Å². The second-order valence-electron chi connectivity index (χ2n) is 4.25. The Balaban J connectivity index is 2.94. The van der Waals surface area contributed by atoms with Crippen molar-refractivity contribution < 1.29 is 13.5 Å². The second kappa shape index (κ2) is 6.52. The Kier molecular flexibility index (Phi) is 5.59. The summed E-state index contributed by atoms with van der Waals surface area (Å²) in [5.41, 5.74) is 0. The van der Waals surface area contributed by atoms with Crippen molar-refractivity contribution in [2.45, 2.75) is 31.2 Å². The monoisotopic (exact) mass is 291 g/mol. The molecule has 0 bridgehead atoms. The number of sulfonamides is 1. The van der Waals surface area contributed by atoms with Gasteiger partial charge in [-0.2, -0.15) is 0 Å². The number of rotatable bonds is 6. The summed E-state index contributed by atoms with van der Waals surface area (Å²) in [7, 11) is -3.64. The van der Waals surface area contributed by atoms with E-state index in [1.165, 1.54) is 12.1 Å². The molecule has 4 nitrogen and oxygen atoms in total. The highest BCUT2D eigenvalue weighted by molar-refractivity contribution is 7.89. The molecule has 0 aromatic heterocycles. The molecule has 1 aromatic rings. The van der Waals surface area contributed by atoms with E-state index in [9.17, 15) is 13.5 Å². The first-order valence-corrected chi connectivity index (χ1v) is 7.65. The summed E-state index contributed by atoms with van der Waals surface area (Å²) in [5.74, 6) is 0.0592. The van der Waals surface area contributed by atoms with E-state index >= 15 is 0 Å². The topological polar surface area (TPSA) is 66.4 Å². The standard InChI is InChI=1S/C12H18ClNO3S/c1-3-9(2)12(8-15)14-18(16,17)11-6-4-5-10(13)7-11/h4-7,9,12,14-15H,3,8H2,1-2H3/t9-,12+/m0/s1. The van der Waals surface area contributed by atoms with E-state index in [2.05, 4.69) is 4.72 Å². The van der Waals surface area contributed by atoms with E-state index in [0.29, 0.717) is 5.02 Å². The first-order valence-electron chi connectivity index (χ1n) is 5.79. The Labute approximate surface area is 113 Å². The van der Waals surface area contributed by atoms with Gasteiger partial charge in [-0.15, -0.1) is 0 Å². The van der Waals surface area contributed by atoms with Crippen LogP contribution in [0.2, 0.25) is 5.02 Å². The predicted octanol–water partition coefficient (Wildman–Crippen LogP) is 2.03. The van der Waals surface area contributed by atoms with Crippen LogP contribution in [0.15, 0.2) is 29.2 Å². The lowest BCUT2D eigenvalue weighted by atomic mass is 10.0. The van der Waals surface area contributed by atoms with Crippen molar-refractivity contribution in [2.24, 2.45) is 5.92 Å². The zero-order valence-corrected chi connectivity index (χ0v) is 12.0. The molecule has 0 aliphatic heterocycles. The summed E-state index contributed by atoms with van der Waals surface area (Å²) in [6, 6.07) is 5.56. The first kappa shape index (κ1) is 15.4. The van der Waals surface area contributed by atoms with Gasteiger partial charge in [0.05, 0.1) is 11.5 Å². The molecule has 0 heterocycles. The maximum absolute atomic E-state index is 12.1. The molecule has 102 valence electrons. The van der Waals surface area contributed by atoms with Gasteiger partial charge in [0.1, 0.15) is 0 Å². The molecule has 18 heavy (non-hydrogen) atoms. The Hall–Kier alpha value is -0.620. The van der Waals surface area contributed by atoms with Gasteiger partial charge in [-0.05, 0) is 24.1 Å². The predicted molar refractivity (Wildman–Crippen MR) is 72.1 cm³/mol. The Morgan fingerprint density at radius 2 is 2.11 bits per heavy atom. The quantitative estimate of drug-likeness (QED) is 0.843. The van der Waals surface area contributed by atoms with Crippen LogP contribution in [0.25, 0.3) is 0 Å². The van der Waals surface area contributed by atoms with Crippen LogP contribution < -0.4 is 4.72 Å². The van der Waals surface area contributed by atoms with Crippen molar-refractivity contribution in [3.8, 4) is 0 Å². The Bertz CT molecular complexity index is 490. The maximum atomic E-state index is 12.1. The largest absolute Gasteiger partial charge is 0.395 e. The van der Waals surface area contributed by atoms with Gasteiger partial charge in [0, 0.05) is 11.1 Å². The molecule has 0 fully saturated rings. The molecular formula is C12H18ClNO3S. The fraction of sp³-hybridized carbons (Fsp3) is 0.500. The summed E-state index contributed by atoms with van der Waals surface area (Å²) >= 11 is 5.77. The van der Waals surface area contributed by atoms with Crippen molar-refractivity contribution in [1.82, 2.24) is 4.72 Å². The lowest BCUT2D eigenvalue weighted by Crippen LogP contribution is -2.41. The molecule has 0 saturated carbocycles. The van der Waals surface area contributed by atoms with Crippen LogP contribution in [0.1, 0.15) is 20.3 Å². The molecule has 0 aliphatic rings. The molecule has 0 radical (unpaired) electrons. The molecule has 1 rings (SSSR count). The van der Waals surface area contributed by atoms with Crippen LogP contribution in [-0.4, -0.2) is 26.2 Å². The van der Waals surface area contributed by atoms with Gasteiger partial charge in [0.25, 0.3) is 0 Å². The van der Waals surface area contributed by atoms with Gasteiger partial charge in [-0.25, -0.2) is 13.1 Å². The third-order valence-corrected chi connectivity index (χ3v) is 4.66. The summed E-state index contributed by atoms with van der Waals surface area (Å²) in [5, 5.41) is 9.60. The van der Waals surface area contributed by atoms with Crippen LogP contribution >= 0.6 is 11.6 Å².